The quantitative estimate of drug-likeness (QED) is 0.738. The van der Waals surface area contributed by atoms with Gasteiger partial charge in [0.2, 0.25) is 0 Å². The monoisotopic (exact) mass is 207 g/mol. The maximum absolute atomic E-state index is 11.7. The number of hydrogen-bond donors (Lipinski definition) is 2. The molecule has 1 amide bonds. The highest BCUT2D eigenvalue weighted by molar-refractivity contribution is 5.94. The first-order valence-corrected chi connectivity index (χ1v) is 4.96. The summed E-state index contributed by atoms with van der Waals surface area (Å²) in [5.41, 5.74) is 0.0742. The highest BCUT2D eigenvalue weighted by Crippen LogP contribution is 2.31. The van der Waals surface area contributed by atoms with Crippen LogP contribution in [0.15, 0.2) is 18.5 Å². The van der Waals surface area contributed by atoms with E-state index in [1.54, 1.807) is 6.07 Å². The molecule has 2 N–H and O–H groups in total. The third kappa shape index (κ3) is 1.97. The van der Waals surface area contributed by atoms with Crippen molar-refractivity contribution < 1.29 is 9.90 Å². The van der Waals surface area contributed by atoms with Crippen molar-refractivity contribution in [2.75, 3.05) is 6.61 Å². The number of aliphatic hydroxyl groups excluding tert-OH is 1. The third-order valence-electron chi connectivity index (χ3n) is 2.84. The Morgan fingerprint density at radius 1 is 1.53 bits per heavy atom. The standard InChI is InChI=1S/C10H13N3O2/c14-7-10(3-1-4-10)13-9(15)8-2-5-11-12-6-8/h2,5-6,14H,1,3-4,7H2,(H,13,15). The Labute approximate surface area is 87.5 Å². The van der Waals surface area contributed by atoms with Crippen LogP contribution in [0.2, 0.25) is 0 Å². The Balaban J connectivity index is 2.04. The lowest BCUT2D eigenvalue weighted by Gasteiger charge is -2.40. The van der Waals surface area contributed by atoms with E-state index in [0.717, 1.165) is 19.3 Å². The van der Waals surface area contributed by atoms with Crippen LogP contribution in [0.1, 0.15) is 29.6 Å². The van der Waals surface area contributed by atoms with E-state index in [-0.39, 0.29) is 12.5 Å². The van der Waals surface area contributed by atoms with Gasteiger partial charge in [0.25, 0.3) is 5.91 Å². The van der Waals surface area contributed by atoms with Crippen LogP contribution in [-0.4, -0.2) is 33.4 Å². The van der Waals surface area contributed by atoms with Crippen LogP contribution in [0.5, 0.6) is 0 Å². The maximum Gasteiger partial charge on any atom is 0.253 e. The van der Waals surface area contributed by atoms with E-state index in [1.807, 2.05) is 0 Å². The fourth-order valence-electron chi connectivity index (χ4n) is 1.66. The molecule has 0 saturated heterocycles. The predicted molar refractivity (Wildman–Crippen MR) is 53.2 cm³/mol. The highest BCUT2D eigenvalue weighted by atomic mass is 16.3. The average molecular weight is 207 g/mol. The SMILES string of the molecule is O=C(NC1(CO)CCC1)c1ccnnc1. The molecule has 80 valence electrons. The minimum absolute atomic E-state index is 0.00273. The van der Waals surface area contributed by atoms with Gasteiger partial charge in [-0.15, -0.1) is 0 Å². The second-order valence-corrected chi connectivity index (χ2v) is 3.88. The molecule has 1 saturated carbocycles. The Bertz CT molecular complexity index is 343. The van der Waals surface area contributed by atoms with Gasteiger partial charge in [0, 0.05) is 0 Å². The first-order chi connectivity index (χ1) is 7.26. The highest BCUT2D eigenvalue weighted by Gasteiger charge is 2.37. The summed E-state index contributed by atoms with van der Waals surface area (Å²) >= 11 is 0. The fourth-order valence-corrected chi connectivity index (χ4v) is 1.66. The number of aliphatic hydroxyl groups is 1. The van der Waals surface area contributed by atoms with Gasteiger partial charge in [-0.25, -0.2) is 0 Å². The normalized spacial score (nSPS) is 17.9. The second-order valence-electron chi connectivity index (χ2n) is 3.88. The van der Waals surface area contributed by atoms with Crippen molar-refractivity contribution in [2.45, 2.75) is 24.8 Å². The molecule has 0 unspecified atom stereocenters. The van der Waals surface area contributed by atoms with E-state index in [1.165, 1.54) is 12.4 Å². The van der Waals surface area contributed by atoms with E-state index >= 15 is 0 Å². The van der Waals surface area contributed by atoms with Gasteiger partial charge in [-0.3, -0.25) is 4.79 Å². The first kappa shape index (κ1) is 10.0. The Hall–Kier alpha value is -1.49. The van der Waals surface area contributed by atoms with Gasteiger partial charge in [-0.1, -0.05) is 0 Å². The van der Waals surface area contributed by atoms with Gasteiger partial charge in [0.15, 0.2) is 0 Å². The molecule has 1 aromatic heterocycles. The Kier molecular flexibility index (Phi) is 2.64. The van der Waals surface area contributed by atoms with Crippen molar-refractivity contribution in [1.82, 2.24) is 15.5 Å². The summed E-state index contributed by atoms with van der Waals surface area (Å²) in [6.45, 7) is -0.00273. The zero-order valence-electron chi connectivity index (χ0n) is 8.31. The molecule has 5 nitrogen and oxygen atoms in total. The second kappa shape index (κ2) is 3.94. The van der Waals surface area contributed by atoms with Gasteiger partial charge in [-0.05, 0) is 25.3 Å². The van der Waals surface area contributed by atoms with Crippen molar-refractivity contribution in [3.8, 4) is 0 Å². The zero-order valence-corrected chi connectivity index (χ0v) is 8.31. The van der Waals surface area contributed by atoms with Crippen molar-refractivity contribution >= 4 is 5.91 Å². The summed E-state index contributed by atoms with van der Waals surface area (Å²) in [6, 6.07) is 1.60. The molecular formula is C10H13N3O2. The van der Waals surface area contributed by atoms with Gasteiger partial charge in [0.1, 0.15) is 0 Å². The number of carbonyl (C=O) groups excluding carboxylic acids is 1. The summed E-state index contributed by atoms with van der Waals surface area (Å²) < 4.78 is 0. The molecule has 5 heteroatoms. The molecule has 1 fully saturated rings. The molecule has 0 aromatic carbocycles. The topological polar surface area (TPSA) is 75.1 Å². The van der Waals surface area contributed by atoms with E-state index in [4.69, 9.17) is 0 Å². The number of rotatable bonds is 3. The van der Waals surface area contributed by atoms with Crippen LogP contribution in [-0.2, 0) is 0 Å². The van der Waals surface area contributed by atoms with Crippen LogP contribution in [0.4, 0.5) is 0 Å². The molecule has 1 heterocycles. The minimum Gasteiger partial charge on any atom is -0.394 e. The molecule has 15 heavy (non-hydrogen) atoms. The average Bonchev–Trinajstić information content (AvgIpc) is 2.24. The lowest BCUT2D eigenvalue weighted by Crippen LogP contribution is -2.56. The van der Waals surface area contributed by atoms with Crippen LogP contribution in [0.25, 0.3) is 0 Å². The van der Waals surface area contributed by atoms with Gasteiger partial charge < -0.3 is 10.4 Å². The minimum atomic E-state index is -0.402. The largest absolute Gasteiger partial charge is 0.394 e. The van der Waals surface area contributed by atoms with Crippen LogP contribution < -0.4 is 5.32 Å². The fraction of sp³-hybridized carbons (Fsp3) is 0.500. The summed E-state index contributed by atoms with van der Waals surface area (Å²) in [7, 11) is 0. The Morgan fingerprint density at radius 3 is 2.80 bits per heavy atom. The van der Waals surface area contributed by atoms with Gasteiger partial charge in [0.05, 0.1) is 30.1 Å². The molecule has 1 aromatic rings. The molecule has 1 aliphatic rings. The number of aromatic nitrogens is 2. The van der Waals surface area contributed by atoms with Crippen LogP contribution in [0, 0.1) is 0 Å². The van der Waals surface area contributed by atoms with Crippen molar-refractivity contribution in [2.24, 2.45) is 0 Å². The summed E-state index contributed by atoms with van der Waals surface area (Å²) in [6.07, 6.45) is 5.62. The third-order valence-corrected chi connectivity index (χ3v) is 2.84. The molecule has 2 rings (SSSR count). The van der Waals surface area contributed by atoms with Crippen molar-refractivity contribution in [3.63, 3.8) is 0 Å². The number of nitrogens with one attached hydrogen (secondary N) is 1. The molecule has 0 aliphatic heterocycles. The lowest BCUT2D eigenvalue weighted by molar-refractivity contribution is 0.0641. The van der Waals surface area contributed by atoms with E-state index in [0.29, 0.717) is 5.56 Å². The number of hydrogen-bond acceptors (Lipinski definition) is 4. The van der Waals surface area contributed by atoms with E-state index < -0.39 is 5.54 Å². The lowest BCUT2D eigenvalue weighted by atomic mass is 9.77. The van der Waals surface area contributed by atoms with Crippen molar-refractivity contribution in [3.05, 3.63) is 24.0 Å². The summed E-state index contributed by atoms with van der Waals surface area (Å²) in [5.74, 6) is -0.196. The first-order valence-electron chi connectivity index (χ1n) is 4.96. The van der Waals surface area contributed by atoms with Gasteiger partial charge >= 0.3 is 0 Å². The maximum atomic E-state index is 11.7. The van der Waals surface area contributed by atoms with E-state index in [2.05, 4.69) is 15.5 Å². The summed E-state index contributed by atoms with van der Waals surface area (Å²) in [5, 5.41) is 19.3. The smallest absolute Gasteiger partial charge is 0.253 e. The molecular weight excluding hydrogens is 194 g/mol. The number of carbonyl (C=O) groups is 1. The molecule has 0 radical (unpaired) electrons. The van der Waals surface area contributed by atoms with E-state index in [9.17, 15) is 9.90 Å². The van der Waals surface area contributed by atoms with Crippen LogP contribution in [0.3, 0.4) is 0 Å². The van der Waals surface area contributed by atoms with Gasteiger partial charge in [-0.2, -0.15) is 10.2 Å². The molecule has 0 bridgehead atoms. The Morgan fingerprint density at radius 2 is 2.33 bits per heavy atom. The van der Waals surface area contributed by atoms with Crippen LogP contribution >= 0.6 is 0 Å². The number of nitrogens with zero attached hydrogens (tertiary/aromatic N) is 2. The zero-order chi connectivity index (χ0) is 10.7. The molecule has 0 atom stereocenters. The summed E-state index contributed by atoms with van der Waals surface area (Å²) in [4.78, 5) is 11.7. The molecule has 0 spiro atoms. The predicted octanol–water partition coefficient (Wildman–Crippen LogP) is 0.121. The molecule has 1 aliphatic carbocycles. The number of amides is 1. The van der Waals surface area contributed by atoms with Crippen molar-refractivity contribution in [1.29, 1.82) is 0 Å².